The average Bonchev–Trinajstić information content (AvgIpc) is 2.91. The molecule has 1 aromatic carbocycles. The summed E-state index contributed by atoms with van der Waals surface area (Å²) in [6.45, 7) is 4.54. The van der Waals surface area contributed by atoms with E-state index in [0.29, 0.717) is 13.2 Å². The molecule has 1 aliphatic heterocycles. The van der Waals surface area contributed by atoms with E-state index in [1.54, 1.807) is 13.8 Å². The summed E-state index contributed by atoms with van der Waals surface area (Å²) >= 11 is 0. The Bertz CT molecular complexity index is 573. The minimum atomic E-state index is -1.61. The Morgan fingerprint density at radius 3 is 2.57 bits per heavy atom. The smallest absolute Gasteiger partial charge is 0.251 e. The zero-order valence-electron chi connectivity index (χ0n) is 13.6. The topological polar surface area (TPSA) is 92.9 Å². The van der Waals surface area contributed by atoms with E-state index in [1.165, 1.54) is 4.90 Å². The number of nitrogens with two attached hydrogens (primary N) is 1. The molecule has 0 spiro atoms. The van der Waals surface area contributed by atoms with Crippen LogP contribution < -0.4 is 5.73 Å². The van der Waals surface area contributed by atoms with Crippen LogP contribution >= 0.6 is 0 Å². The molecule has 1 heterocycles. The molecule has 0 aromatic heterocycles. The van der Waals surface area contributed by atoms with Gasteiger partial charge in [-0.05, 0) is 19.4 Å². The van der Waals surface area contributed by atoms with Gasteiger partial charge in [0, 0.05) is 13.0 Å². The number of likely N-dealkylation sites (tertiary alicyclic amines) is 1. The van der Waals surface area contributed by atoms with Gasteiger partial charge < -0.3 is 20.5 Å². The molecule has 126 valence electrons. The van der Waals surface area contributed by atoms with Crippen molar-refractivity contribution in [3.8, 4) is 0 Å². The van der Waals surface area contributed by atoms with E-state index >= 15 is 0 Å². The van der Waals surface area contributed by atoms with E-state index in [9.17, 15) is 14.7 Å². The molecule has 0 radical (unpaired) electrons. The Kier molecular flexibility index (Phi) is 5.06. The highest BCUT2D eigenvalue weighted by Gasteiger charge is 2.45. The summed E-state index contributed by atoms with van der Waals surface area (Å²) < 4.78 is 5.66. The molecule has 1 fully saturated rings. The number of β-amino-alcohol motifs (C(OH)–C–C–N with tert-alkyl or cyclic N) is 1. The monoisotopic (exact) mass is 320 g/mol. The van der Waals surface area contributed by atoms with Gasteiger partial charge in [0.15, 0.2) is 5.60 Å². The normalized spacial score (nSPS) is 21.4. The molecule has 3 N–H and O–H groups in total. The zero-order valence-corrected chi connectivity index (χ0v) is 13.6. The summed E-state index contributed by atoms with van der Waals surface area (Å²) in [4.78, 5) is 25.4. The summed E-state index contributed by atoms with van der Waals surface area (Å²) in [7, 11) is 0. The first-order chi connectivity index (χ1) is 10.7. The van der Waals surface area contributed by atoms with Crippen LogP contribution in [0.2, 0.25) is 0 Å². The lowest BCUT2D eigenvalue weighted by Crippen LogP contribution is -2.49. The molecule has 2 rings (SSSR count). The number of ether oxygens (including phenoxy) is 1. The van der Waals surface area contributed by atoms with E-state index in [-0.39, 0.29) is 25.5 Å². The number of carbonyl (C=O) groups is 2. The molecule has 0 saturated carbocycles. The third-order valence-corrected chi connectivity index (χ3v) is 4.15. The molecule has 6 nitrogen and oxygen atoms in total. The molecule has 2 amide bonds. The number of nitrogens with zero attached hydrogens (tertiary/aromatic N) is 1. The Hall–Kier alpha value is -1.92. The fourth-order valence-corrected chi connectivity index (χ4v) is 2.66. The first-order valence-corrected chi connectivity index (χ1v) is 7.68. The van der Waals surface area contributed by atoms with Crippen molar-refractivity contribution in [3.05, 3.63) is 35.9 Å². The summed E-state index contributed by atoms with van der Waals surface area (Å²) in [6, 6.07) is 9.72. The molecule has 0 bridgehead atoms. The van der Waals surface area contributed by atoms with Crippen molar-refractivity contribution in [2.75, 3.05) is 19.7 Å². The third kappa shape index (κ3) is 4.09. The van der Waals surface area contributed by atoms with Crippen LogP contribution in [0.3, 0.4) is 0 Å². The number of rotatable bonds is 6. The fourth-order valence-electron chi connectivity index (χ4n) is 2.66. The van der Waals surface area contributed by atoms with Gasteiger partial charge in [-0.3, -0.25) is 9.59 Å². The summed E-state index contributed by atoms with van der Waals surface area (Å²) in [5, 5.41) is 10.1. The van der Waals surface area contributed by atoms with Gasteiger partial charge in [-0.1, -0.05) is 30.3 Å². The van der Waals surface area contributed by atoms with Crippen molar-refractivity contribution in [2.24, 2.45) is 11.1 Å². The molecule has 0 aliphatic carbocycles. The first kappa shape index (κ1) is 17.4. The molecule has 1 aliphatic rings. The highest BCUT2D eigenvalue weighted by molar-refractivity contribution is 5.87. The standard InChI is InChI=1S/C17H24N2O4/c1-16(2,12-23-10-13-6-4-3-5-7-13)15(21)19-9-8-17(22,11-19)14(18)20/h3-7,22H,8-12H2,1-2H3,(H2,18,20). The molecule has 1 unspecified atom stereocenters. The molecule has 23 heavy (non-hydrogen) atoms. The lowest BCUT2D eigenvalue weighted by atomic mass is 9.92. The molecule has 1 aromatic rings. The third-order valence-electron chi connectivity index (χ3n) is 4.15. The minimum absolute atomic E-state index is 0.0523. The summed E-state index contributed by atoms with van der Waals surface area (Å²) in [5.74, 6) is -0.936. The maximum Gasteiger partial charge on any atom is 0.251 e. The van der Waals surface area contributed by atoms with Crippen molar-refractivity contribution < 1.29 is 19.4 Å². The Balaban J connectivity index is 1.89. The molecular weight excluding hydrogens is 296 g/mol. The van der Waals surface area contributed by atoms with Crippen molar-refractivity contribution in [1.82, 2.24) is 4.90 Å². The number of carbonyl (C=O) groups excluding carboxylic acids is 2. The second kappa shape index (κ2) is 6.68. The van der Waals surface area contributed by atoms with Gasteiger partial charge >= 0.3 is 0 Å². The SMILES string of the molecule is CC(C)(COCc1ccccc1)C(=O)N1CCC(O)(C(N)=O)C1. The van der Waals surface area contributed by atoms with E-state index in [1.807, 2.05) is 30.3 Å². The lowest BCUT2D eigenvalue weighted by molar-refractivity contribution is -0.145. The van der Waals surface area contributed by atoms with Gasteiger partial charge in [0.25, 0.3) is 5.91 Å². The summed E-state index contributed by atoms with van der Waals surface area (Å²) in [6.07, 6.45) is 0.176. The largest absolute Gasteiger partial charge is 0.378 e. The quantitative estimate of drug-likeness (QED) is 0.806. The maximum atomic E-state index is 12.6. The van der Waals surface area contributed by atoms with E-state index in [0.717, 1.165) is 5.56 Å². The maximum absolute atomic E-state index is 12.6. The van der Waals surface area contributed by atoms with E-state index in [4.69, 9.17) is 10.5 Å². The Morgan fingerprint density at radius 2 is 2.00 bits per heavy atom. The highest BCUT2D eigenvalue weighted by Crippen LogP contribution is 2.27. The fraction of sp³-hybridized carbons (Fsp3) is 0.529. The molecule has 1 atom stereocenters. The molecular formula is C17H24N2O4. The predicted octanol–water partition coefficient (Wildman–Crippen LogP) is 0.678. The Labute approximate surface area is 136 Å². The van der Waals surface area contributed by atoms with Crippen LogP contribution in [0.25, 0.3) is 0 Å². The van der Waals surface area contributed by atoms with Gasteiger partial charge in [0.2, 0.25) is 5.91 Å². The van der Waals surface area contributed by atoms with Crippen LogP contribution in [0.4, 0.5) is 0 Å². The van der Waals surface area contributed by atoms with Gasteiger partial charge in [0.05, 0.1) is 25.2 Å². The van der Waals surface area contributed by atoms with Crippen molar-refractivity contribution in [2.45, 2.75) is 32.5 Å². The van der Waals surface area contributed by atoms with Crippen molar-refractivity contribution in [1.29, 1.82) is 0 Å². The number of hydrogen-bond donors (Lipinski definition) is 2. The van der Waals surface area contributed by atoms with Crippen LogP contribution in [0.15, 0.2) is 30.3 Å². The summed E-state index contributed by atoms with van der Waals surface area (Å²) in [5.41, 5.74) is 3.89. The van der Waals surface area contributed by atoms with Crippen LogP contribution in [0.1, 0.15) is 25.8 Å². The molecule has 1 saturated heterocycles. The minimum Gasteiger partial charge on any atom is -0.378 e. The van der Waals surface area contributed by atoms with Gasteiger partial charge in [-0.25, -0.2) is 0 Å². The van der Waals surface area contributed by atoms with Crippen LogP contribution in [-0.4, -0.2) is 47.1 Å². The number of primary amides is 1. The number of hydrogen-bond acceptors (Lipinski definition) is 4. The van der Waals surface area contributed by atoms with Gasteiger partial charge in [-0.2, -0.15) is 0 Å². The predicted molar refractivity (Wildman–Crippen MR) is 85.2 cm³/mol. The van der Waals surface area contributed by atoms with Crippen LogP contribution in [0, 0.1) is 5.41 Å². The second-order valence-electron chi connectivity index (χ2n) is 6.73. The van der Waals surface area contributed by atoms with Crippen LogP contribution in [0.5, 0.6) is 0 Å². The van der Waals surface area contributed by atoms with Crippen molar-refractivity contribution >= 4 is 11.8 Å². The number of amides is 2. The average molecular weight is 320 g/mol. The number of benzene rings is 1. The lowest BCUT2D eigenvalue weighted by Gasteiger charge is -2.29. The molecule has 6 heteroatoms. The first-order valence-electron chi connectivity index (χ1n) is 7.68. The number of aliphatic hydroxyl groups is 1. The van der Waals surface area contributed by atoms with E-state index < -0.39 is 16.9 Å². The highest BCUT2D eigenvalue weighted by atomic mass is 16.5. The van der Waals surface area contributed by atoms with Crippen molar-refractivity contribution in [3.63, 3.8) is 0 Å². The zero-order chi connectivity index (χ0) is 17.1. The van der Waals surface area contributed by atoms with Gasteiger partial charge in [0.1, 0.15) is 0 Å². The van der Waals surface area contributed by atoms with Gasteiger partial charge in [-0.15, -0.1) is 0 Å². The Morgan fingerprint density at radius 1 is 1.35 bits per heavy atom. The van der Waals surface area contributed by atoms with E-state index in [2.05, 4.69) is 0 Å². The second-order valence-corrected chi connectivity index (χ2v) is 6.73. The van der Waals surface area contributed by atoms with Crippen LogP contribution in [-0.2, 0) is 20.9 Å².